The molecule has 0 radical (unpaired) electrons. The maximum Gasteiger partial charge on any atom is 0.236 e. The number of hydrogen-bond acceptors (Lipinski definition) is 8. The van der Waals surface area contributed by atoms with Crippen LogP contribution < -0.4 is 10.6 Å². The lowest BCUT2D eigenvalue weighted by Crippen LogP contribution is -2.17. The first-order valence-corrected chi connectivity index (χ1v) is 11.2. The molecular weight excluding hydrogens is 422 g/mol. The van der Waals surface area contributed by atoms with Crippen LogP contribution in [0, 0.1) is 13.8 Å². The van der Waals surface area contributed by atoms with E-state index in [1.165, 1.54) is 28.7 Å². The van der Waals surface area contributed by atoms with E-state index in [1.54, 1.807) is 11.6 Å². The Morgan fingerprint density at radius 2 is 1.87 bits per heavy atom. The average Bonchev–Trinajstić information content (AvgIpc) is 3.30. The van der Waals surface area contributed by atoms with E-state index in [2.05, 4.69) is 31.0 Å². The molecule has 2 aromatic heterocycles. The normalized spacial score (nSPS) is 10.8. The van der Waals surface area contributed by atoms with Gasteiger partial charge in [-0.25, -0.2) is 0 Å². The van der Waals surface area contributed by atoms with E-state index < -0.39 is 0 Å². The Morgan fingerprint density at radius 3 is 2.57 bits per heavy atom. The molecule has 1 aromatic carbocycles. The summed E-state index contributed by atoms with van der Waals surface area (Å²) < 4.78 is 1.72. The third-order valence-corrected chi connectivity index (χ3v) is 6.39. The average molecular weight is 446 g/mol. The van der Waals surface area contributed by atoms with Gasteiger partial charge in [-0.05, 0) is 43.5 Å². The van der Waals surface area contributed by atoms with Crippen LogP contribution >= 0.6 is 23.1 Å². The van der Waals surface area contributed by atoms with E-state index in [4.69, 9.17) is 0 Å². The third-order valence-electron chi connectivity index (χ3n) is 4.38. The van der Waals surface area contributed by atoms with Gasteiger partial charge in [-0.1, -0.05) is 36.1 Å². The van der Waals surface area contributed by atoms with Crippen LogP contribution in [0.25, 0.3) is 0 Å². The molecule has 0 saturated heterocycles. The van der Waals surface area contributed by atoms with Crippen molar-refractivity contribution in [3.63, 3.8) is 0 Å². The Balaban J connectivity index is 1.52. The summed E-state index contributed by atoms with van der Waals surface area (Å²) >= 11 is 2.60. The highest BCUT2D eigenvalue weighted by Crippen LogP contribution is 2.19. The van der Waals surface area contributed by atoms with E-state index in [1.807, 2.05) is 39.0 Å². The Bertz CT molecular complexity index is 1060. The van der Waals surface area contributed by atoms with Gasteiger partial charge in [-0.2, -0.15) is 0 Å². The lowest BCUT2D eigenvalue weighted by molar-refractivity contribution is -0.116. The Labute approximate surface area is 182 Å². The molecule has 158 valence electrons. The summed E-state index contributed by atoms with van der Waals surface area (Å²) in [6.07, 6.45) is 0.870. The van der Waals surface area contributed by atoms with Crippen molar-refractivity contribution in [3.8, 4) is 0 Å². The van der Waals surface area contributed by atoms with Crippen molar-refractivity contribution in [1.29, 1.82) is 0 Å². The van der Waals surface area contributed by atoms with Crippen LogP contribution in [0.2, 0.25) is 0 Å². The predicted molar refractivity (Wildman–Crippen MR) is 118 cm³/mol. The number of amides is 2. The Hall–Kier alpha value is -2.79. The molecule has 30 heavy (non-hydrogen) atoms. The SMILES string of the molecule is CCc1nnc(NC(=O)CSc2nnc(CC(=O)Nc3ccc(C)c(C)c3)n2C)s1. The quantitative estimate of drug-likeness (QED) is 0.512. The van der Waals surface area contributed by atoms with Gasteiger partial charge in [-0.3, -0.25) is 14.9 Å². The summed E-state index contributed by atoms with van der Waals surface area (Å²) in [4.78, 5) is 24.5. The second-order valence-corrected chi connectivity index (χ2v) is 8.68. The lowest BCUT2D eigenvalue weighted by Gasteiger charge is -2.08. The van der Waals surface area contributed by atoms with Crippen LogP contribution in [0.1, 0.15) is 28.9 Å². The third kappa shape index (κ3) is 5.63. The highest BCUT2D eigenvalue weighted by Gasteiger charge is 2.15. The molecule has 2 amide bonds. The summed E-state index contributed by atoms with van der Waals surface area (Å²) in [7, 11) is 1.77. The number of thioether (sulfide) groups is 1. The summed E-state index contributed by atoms with van der Waals surface area (Å²) in [5.74, 6) is 0.305. The fourth-order valence-electron chi connectivity index (χ4n) is 2.53. The van der Waals surface area contributed by atoms with Crippen molar-refractivity contribution in [3.05, 3.63) is 40.2 Å². The molecular formula is C19H23N7O2S2. The molecule has 3 rings (SSSR count). The van der Waals surface area contributed by atoms with Gasteiger partial charge in [-0.15, -0.1) is 20.4 Å². The van der Waals surface area contributed by atoms with Crippen molar-refractivity contribution in [2.45, 2.75) is 38.8 Å². The Kier molecular flexibility index (Phi) is 7.16. The minimum Gasteiger partial charge on any atom is -0.326 e. The molecule has 11 heteroatoms. The molecule has 2 N–H and O–H groups in total. The van der Waals surface area contributed by atoms with E-state index in [0.717, 1.165) is 22.7 Å². The van der Waals surface area contributed by atoms with Crippen molar-refractivity contribution in [1.82, 2.24) is 25.0 Å². The molecule has 0 unspecified atom stereocenters. The van der Waals surface area contributed by atoms with E-state index >= 15 is 0 Å². The Morgan fingerprint density at radius 1 is 1.07 bits per heavy atom. The maximum absolute atomic E-state index is 12.4. The molecule has 0 fully saturated rings. The summed E-state index contributed by atoms with van der Waals surface area (Å²) in [6.45, 7) is 6.01. The molecule has 9 nitrogen and oxygen atoms in total. The van der Waals surface area contributed by atoms with Crippen molar-refractivity contribution >= 4 is 45.7 Å². The summed E-state index contributed by atoms with van der Waals surface area (Å²) in [5, 5.41) is 23.6. The van der Waals surface area contributed by atoms with Crippen LogP contribution in [0.4, 0.5) is 10.8 Å². The van der Waals surface area contributed by atoms with Crippen LogP contribution in [0.3, 0.4) is 0 Å². The number of hydrogen-bond donors (Lipinski definition) is 2. The van der Waals surface area contributed by atoms with Gasteiger partial charge in [0, 0.05) is 12.7 Å². The van der Waals surface area contributed by atoms with Gasteiger partial charge in [0.2, 0.25) is 16.9 Å². The van der Waals surface area contributed by atoms with Gasteiger partial charge in [0.1, 0.15) is 10.8 Å². The van der Waals surface area contributed by atoms with Crippen LogP contribution in [-0.2, 0) is 29.5 Å². The molecule has 0 aliphatic heterocycles. The van der Waals surface area contributed by atoms with Gasteiger partial charge in [0.05, 0.1) is 12.2 Å². The van der Waals surface area contributed by atoms with E-state index in [-0.39, 0.29) is 24.0 Å². The minimum absolute atomic E-state index is 0.0910. The van der Waals surface area contributed by atoms with E-state index in [9.17, 15) is 9.59 Å². The van der Waals surface area contributed by atoms with E-state index in [0.29, 0.717) is 16.1 Å². The van der Waals surface area contributed by atoms with Crippen LogP contribution in [0.15, 0.2) is 23.4 Å². The standard InChI is InChI=1S/C19H23N7O2S2/c1-5-17-23-24-18(30-17)21-16(28)10-29-19-25-22-14(26(19)4)9-15(27)20-13-7-6-11(2)12(3)8-13/h6-8H,5,9-10H2,1-4H3,(H,20,27)(H,21,24,28). The van der Waals surface area contributed by atoms with Crippen LogP contribution in [0.5, 0.6) is 0 Å². The maximum atomic E-state index is 12.4. The number of rotatable bonds is 8. The predicted octanol–water partition coefficient (Wildman–Crippen LogP) is 2.76. The molecule has 0 saturated carbocycles. The number of nitrogens with zero attached hydrogens (tertiary/aromatic N) is 5. The highest BCUT2D eigenvalue weighted by atomic mass is 32.2. The smallest absolute Gasteiger partial charge is 0.236 e. The van der Waals surface area contributed by atoms with Crippen molar-refractivity contribution < 1.29 is 9.59 Å². The topological polar surface area (TPSA) is 115 Å². The molecule has 0 atom stereocenters. The fourth-order valence-corrected chi connectivity index (χ4v) is 3.95. The first-order chi connectivity index (χ1) is 14.4. The van der Waals surface area contributed by atoms with Crippen LogP contribution in [-0.4, -0.2) is 42.5 Å². The number of aryl methyl sites for hydroxylation is 3. The summed E-state index contributed by atoms with van der Waals surface area (Å²) in [6, 6.07) is 5.78. The second kappa shape index (κ2) is 9.81. The largest absolute Gasteiger partial charge is 0.326 e. The first-order valence-electron chi connectivity index (χ1n) is 9.36. The lowest BCUT2D eigenvalue weighted by atomic mass is 10.1. The zero-order chi connectivity index (χ0) is 21.7. The fraction of sp³-hybridized carbons (Fsp3) is 0.368. The second-order valence-electron chi connectivity index (χ2n) is 6.67. The number of aromatic nitrogens is 5. The van der Waals surface area contributed by atoms with Gasteiger partial charge >= 0.3 is 0 Å². The van der Waals surface area contributed by atoms with Gasteiger partial charge in [0.15, 0.2) is 5.16 Å². The molecule has 2 heterocycles. The van der Waals surface area contributed by atoms with Crippen molar-refractivity contribution in [2.24, 2.45) is 7.05 Å². The molecule has 3 aromatic rings. The van der Waals surface area contributed by atoms with Crippen molar-refractivity contribution in [2.75, 3.05) is 16.4 Å². The number of anilines is 2. The monoisotopic (exact) mass is 445 g/mol. The number of carbonyl (C=O) groups is 2. The number of nitrogens with one attached hydrogen (secondary N) is 2. The molecule has 0 bridgehead atoms. The summed E-state index contributed by atoms with van der Waals surface area (Å²) in [5.41, 5.74) is 3.03. The first kappa shape index (κ1) is 21.9. The molecule has 0 aliphatic rings. The zero-order valence-electron chi connectivity index (χ0n) is 17.2. The highest BCUT2D eigenvalue weighted by molar-refractivity contribution is 7.99. The number of benzene rings is 1. The van der Waals surface area contributed by atoms with Gasteiger partial charge in [0.25, 0.3) is 0 Å². The molecule has 0 aliphatic carbocycles. The molecule has 0 spiro atoms. The van der Waals surface area contributed by atoms with Gasteiger partial charge < -0.3 is 9.88 Å². The zero-order valence-corrected chi connectivity index (χ0v) is 18.9. The minimum atomic E-state index is -0.198. The number of carbonyl (C=O) groups excluding carboxylic acids is 2.